The first-order chi connectivity index (χ1) is 13.7. The maximum absolute atomic E-state index is 12.3. The first-order valence-corrected chi connectivity index (χ1v) is 11.1. The van der Waals surface area contributed by atoms with E-state index in [4.69, 9.17) is 0 Å². The van der Waals surface area contributed by atoms with E-state index >= 15 is 0 Å². The fraction of sp³-hybridized carbons (Fsp3) is 0.412. The summed E-state index contributed by atoms with van der Waals surface area (Å²) in [5.41, 5.74) is 3.45. The van der Waals surface area contributed by atoms with Crippen molar-refractivity contribution in [3.05, 3.63) is 40.3 Å². The van der Waals surface area contributed by atoms with Crippen LogP contribution in [-0.2, 0) is 16.6 Å². The SMILES string of the molecule is N#Cc1cc(S(=O)(=O)NCC(F)(F)F)ccc1N1CCN(Cc2cscn2)CC1. The molecule has 7 nitrogen and oxygen atoms in total. The molecule has 156 valence electrons. The van der Waals surface area contributed by atoms with Crippen molar-refractivity contribution in [2.24, 2.45) is 0 Å². The van der Waals surface area contributed by atoms with Crippen LogP contribution in [0.15, 0.2) is 34.0 Å². The third-order valence-electron chi connectivity index (χ3n) is 4.44. The second kappa shape index (κ2) is 8.66. The number of nitriles is 1. The number of hydrogen-bond donors (Lipinski definition) is 1. The van der Waals surface area contributed by atoms with Gasteiger partial charge in [-0.2, -0.15) is 18.4 Å². The fourth-order valence-corrected chi connectivity index (χ4v) is 4.59. The molecule has 1 aliphatic heterocycles. The molecule has 0 bridgehead atoms. The predicted octanol–water partition coefficient (Wildman–Crippen LogP) is 2.18. The topological polar surface area (TPSA) is 89.3 Å². The Bertz CT molecular complexity index is 979. The van der Waals surface area contributed by atoms with Crippen LogP contribution in [-0.4, -0.2) is 57.2 Å². The molecule has 1 aromatic heterocycles. The smallest absolute Gasteiger partial charge is 0.368 e. The number of benzene rings is 1. The Kier molecular flexibility index (Phi) is 6.42. The van der Waals surface area contributed by atoms with E-state index in [1.54, 1.807) is 5.51 Å². The van der Waals surface area contributed by atoms with Crippen LogP contribution in [0.5, 0.6) is 0 Å². The van der Waals surface area contributed by atoms with Crippen LogP contribution in [0.4, 0.5) is 18.9 Å². The van der Waals surface area contributed by atoms with E-state index in [2.05, 4.69) is 9.88 Å². The first kappa shape index (κ1) is 21.5. The number of piperazine rings is 1. The van der Waals surface area contributed by atoms with Gasteiger partial charge < -0.3 is 4.90 Å². The molecule has 1 aromatic carbocycles. The van der Waals surface area contributed by atoms with Crippen molar-refractivity contribution in [3.8, 4) is 6.07 Å². The van der Waals surface area contributed by atoms with Gasteiger partial charge in [0.15, 0.2) is 0 Å². The summed E-state index contributed by atoms with van der Waals surface area (Å²) in [6, 6.07) is 5.74. The zero-order chi connectivity index (χ0) is 21.1. The van der Waals surface area contributed by atoms with Crippen molar-refractivity contribution in [2.75, 3.05) is 37.6 Å². The van der Waals surface area contributed by atoms with Gasteiger partial charge in [-0.25, -0.2) is 18.1 Å². The number of thiazole rings is 1. The molecule has 2 heterocycles. The summed E-state index contributed by atoms with van der Waals surface area (Å²) in [6.07, 6.45) is -4.66. The van der Waals surface area contributed by atoms with E-state index in [-0.39, 0.29) is 10.5 Å². The lowest BCUT2D eigenvalue weighted by molar-refractivity contribution is -0.121. The fourth-order valence-electron chi connectivity index (χ4n) is 3.00. The van der Waals surface area contributed by atoms with Gasteiger partial charge in [-0.3, -0.25) is 4.90 Å². The highest BCUT2D eigenvalue weighted by Gasteiger charge is 2.30. The van der Waals surface area contributed by atoms with Gasteiger partial charge in [-0.1, -0.05) is 0 Å². The van der Waals surface area contributed by atoms with Gasteiger partial charge in [-0.15, -0.1) is 11.3 Å². The summed E-state index contributed by atoms with van der Waals surface area (Å²) in [5, 5.41) is 11.4. The highest BCUT2D eigenvalue weighted by molar-refractivity contribution is 7.89. The van der Waals surface area contributed by atoms with Gasteiger partial charge in [-0.05, 0) is 18.2 Å². The zero-order valence-corrected chi connectivity index (χ0v) is 16.8. The highest BCUT2D eigenvalue weighted by Crippen LogP contribution is 2.25. The number of rotatable bonds is 6. The summed E-state index contributed by atoms with van der Waals surface area (Å²) in [5.74, 6) is 0. The number of nitrogens with one attached hydrogen (secondary N) is 1. The Morgan fingerprint density at radius 1 is 1.24 bits per heavy atom. The van der Waals surface area contributed by atoms with Crippen molar-refractivity contribution in [3.63, 3.8) is 0 Å². The van der Waals surface area contributed by atoms with Gasteiger partial charge in [0.2, 0.25) is 10.0 Å². The van der Waals surface area contributed by atoms with E-state index in [0.717, 1.165) is 31.4 Å². The van der Waals surface area contributed by atoms with E-state index < -0.39 is 22.7 Å². The summed E-state index contributed by atoms with van der Waals surface area (Å²) in [7, 11) is -4.37. The van der Waals surface area contributed by atoms with Crippen molar-refractivity contribution in [1.29, 1.82) is 5.26 Å². The number of aromatic nitrogens is 1. The monoisotopic (exact) mass is 445 g/mol. The molecule has 1 saturated heterocycles. The molecule has 0 spiro atoms. The molecule has 0 unspecified atom stereocenters. The average molecular weight is 445 g/mol. The lowest BCUT2D eigenvalue weighted by atomic mass is 10.1. The Hall–Kier alpha value is -2.20. The zero-order valence-electron chi connectivity index (χ0n) is 15.2. The van der Waals surface area contributed by atoms with Crippen molar-refractivity contribution >= 4 is 27.0 Å². The van der Waals surface area contributed by atoms with Crippen LogP contribution in [0.25, 0.3) is 0 Å². The third kappa shape index (κ3) is 5.66. The van der Waals surface area contributed by atoms with E-state index in [1.807, 2.05) is 16.3 Å². The summed E-state index contributed by atoms with van der Waals surface area (Å²) in [4.78, 5) is 8.10. The minimum atomic E-state index is -4.66. The maximum atomic E-state index is 12.3. The molecule has 1 aliphatic rings. The normalized spacial score (nSPS) is 16.0. The van der Waals surface area contributed by atoms with Gasteiger partial charge in [0.1, 0.15) is 12.6 Å². The molecule has 0 atom stereocenters. The molecule has 3 rings (SSSR count). The molecule has 1 fully saturated rings. The molecule has 1 N–H and O–H groups in total. The van der Waals surface area contributed by atoms with Crippen LogP contribution in [0, 0.1) is 11.3 Å². The third-order valence-corrected chi connectivity index (χ3v) is 6.48. The Morgan fingerprint density at radius 3 is 2.55 bits per heavy atom. The summed E-state index contributed by atoms with van der Waals surface area (Å²) < 4.78 is 62.6. The molecule has 0 saturated carbocycles. The van der Waals surface area contributed by atoms with E-state index in [9.17, 15) is 26.9 Å². The second-order valence-electron chi connectivity index (χ2n) is 6.47. The van der Waals surface area contributed by atoms with E-state index in [0.29, 0.717) is 18.8 Å². The Labute approximate surface area is 170 Å². The number of anilines is 1. The molecule has 0 aliphatic carbocycles. The van der Waals surface area contributed by atoms with Crippen molar-refractivity contribution in [2.45, 2.75) is 17.6 Å². The number of nitrogens with zero attached hydrogens (tertiary/aromatic N) is 4. The molecular formula is C17H18F3N5O2S2. The van der Waals surface area contributed by atoms with Crippen molar-refractivity contribution < 1.29 is 21.6 Å². The average Bonchev–Trinajstić information content (AvgIpc) is 3.19. The van der Waals surface area contributed by atoms with Crippen LogP contribution in [0.3, 0.4) is 0 Å². The molecule has 0 radical (unpaired) electrons. The number of alkyl halides is 3. The number of sulfonamides is 1. The lowest BCUT2D eigenvalue weighted by Crippen LogP contribution is -2.46. The van der Waals surface area contributed by atoms with Crippen LogP contribution >= 0.6 is 11.3 Å². The number of halogens is 3. The Morgan fingerprint density at radius 2 is 1.97 bits per heavy atom. The molecule has 2 aromatic rings. The first-order valence-electron chi connectivity index (χ1n) is 8.63. The highest BCUT2D eigenvalue weighted by atomic mass is 32.2. The summed E-state index contributed by atoms with van der Waals surface area (Å²) >= 11 is 1.54. The lowest BCUT2D eigenvalue weighted by Gasteiger charge is -2.36. The van der Waals surface area contributed by atoms with Gasteiger partial charge in [0, 0.05) is 38.1 Å². The number of hydrogen-bond acceptors (Lipinski definition) is 7. The van der Waals surface area contributed by atoms with Gasteiger partial charge in [0.25, 0.3) is 0 Å². The summed E-state index contributed by atoms with van der Waals surface area (Å²) in [6.45, 7) is 1.84. The molecule has 29 heavy (non-hydrogen) atoms. The van der Waals surface area contributed by atoms with Gasteiger partial charge in [0.05, 0.1) is 27.4 Å². The molecule has 12 heteroatoms. The minimum Gasteiger partial charge on any atom is -0.368 e. The second-order valence-corrected chi connectivity index (χ2v) is 8.96. The van der Waals surface area contributed by atoms with Crippen LogP contribution < -0.4 is 9.62 Å². The standard InChI is InChI=1S/C17H18F3N5O2S2/c18-17(19,20)11-23-29(26,27)15-1-2-16(13(7-15)8-21)25-5-3-24(4-6-25)9-14-10-28-12-22-14/h1-2,7,10,12,23H,3-6,9,11H2. The molecular weight excluding hydrogens is 427 g/mol. The maximum Gasteiger partial charge on any atom is 0.402 e. The Balaban J connectivity index is 1.69. The minimum absolute atomic E-state index is 0.104. The largest absolute Gasteiger partial charge is 0.402 e. The van der Waals surface area contributed by atoms with Crippen LogP contribution in [0.1, 0.15) is 11.3 Å². The van der Waals surface area contributed by atoms with Gasteiger partial charge >= 0.3 is 6.18 Å². The van der Waals surface area contributed by atoms with E-state index in [1.165, 1.54) is 28.2 Å². The quantitative estimate of drug-likeness (QED) is 0.733. The van der Waals surface area contributed by atoms with Crippen LogP contribution in [0.2, 0.25) is 0 Å². The predicted molar refractivity (Wildman–Crippen MR) is 102 cm³/mol. The van der Waals surface area contributed by atoms with Crippen molar-refractivity contribution in [1.82, 2.24) is 14.6 Å². The molecule has 0 amide bonds.